The molecule has 2 aliphatic carbocycles. The SMILES string of the molecule is CNCC1(Cc2cn3ccsc3n2)CC2CCC1C2. The van der Waals surface area contributed by atoms with Gasteiger partial charge in [0, 0.05) is 24.3 Å². The first kappa shape index (κ1) is 11.9. The van der Waals surface area contributed by atoms with Gasteiger partial charge in [-0.2, -0.15) is 0 Å². The Morgan fingerprint density at radius 1 is 1.53 bits per heavy atom. The molecule has 2 saturated carbocycles. The van der Waals surface area contributed by atoms with Crippen LogP contribution in [0.25, 0.3) is 4.96 Å². The van der Waals surface area contributed by atoms with Crippen LogP contribution < -0.4 is 5.32 Å². The van der Waals surface area contributed by atoms with E-state index in [4.69, 9.17) is 4.98 Å². The normalized spacial score (nSPS) is 33.5. The predicted molar refractivity (Wildman–Crippen MR) is 78.6 cm³/mol. The monoisotopic (exact) mass is 275 g/mol. The van der Waals surface area contributed by atoms with Crippen LogP contribution in [0.3, 0.4) is 0 Å². The number of hydrogen-bond acceptors (Lipinski definition) is 3. The van der Waals surface area contributed by atoms with Gasteiger partial charge in [0.1, 0.15) is 0 Å². The second-order valence-electron chi connectivity index (χ2n) is 6.47. The summed E-state index contributed by atoms with van der Waals surface area (Å²) in [5.74, 6) is 1.91. The quantitative estimate of drug-likeness (QED) is 0.929. The van der Waals surface area contributed by atoms with Crippen molar-refractivity contribution in [3.8, 4) is 0 Å². The van der Waals surface area contributed by atoms with Crippen molar-refractivity contribution in [2.24, 2.45) is 17.3 Å². The van der Waals surface area contributed by atoms with E-state index in [2.05, 4.69) is 34.5 Å². The second kappa shape index (κ2) is 4.32. The van der Waals surface area contributed by atoms with Gasteiger partial charge in [0.2, 0.25) is 0 Å². The van der Waals surface area contributed by atoms with Crippen LogP contribution in [0, 0.1) is 17.3 Å². The number of nitrogens with zero attached hydrogens (tertiary/aromatic N) is 2. The first-order chi connectivity index (χ1) is 9.29. The van der Waals surface area contributed by atoms with Crippen LogP contribution in [0.4, 0.5) is 0 Å². The minimum atomic E-state index is 0.474. The van der Waals surface area contributed by atoms with E-state index >= 15 is 0 Å². The van der Waals surface area contributed by atoms with E-state index in [1.54, 1.807) is 11.3 Å². The fourth-order valence-electron chi connectivity index (χ4n) is 4.63. The zero-order valence-electron chi connectivity index (χ0n) is 11.4. The van der Waals surface area contributed by atoms with Gasteiger partial charge in [-0.1, -0.05) is 6.42 Å². The van der Waals surface area contributed by atoms with Crippen molar-refractivity contribution < 1.29 is 0 Å². The van der Waals surface area contributed by atoms with Crippen LogP contribution >= 0.6 is 11.3 Å². The minimum absolute atomic E-state index is 0.474. The van der Waals surface area contributed by atoms with Gasteiger partial charge in [0.05, 0.1) is 5.69 Å². The Morgan fingerprint density at radius 3 is 3.16 bits per heavy atom. The van der Waals surface area contributed by atoms with Gasteiger partial charge in [-0.25, -0.2) is 4.98 Å². The molecule has 0 radical (unpaired) electrons. The van der Waals surface area contributed by atoms with Gasteiger partial charge in [0.15, 0.2) is 4.96 Å². The Labute approximate surface area is 118 Å². The van der Waals surface area contributed by atoms with E-state index in [9.17, 15) is 0 Å². The Balaban J connectivity index is 1.63. The summed E-state index contributed by atoms with van der Waals surface area (Å²) in [7, 11) is 2.10. The zero-order chi connectivity index (χ0) is 12.9. The fraction of sp³-hybridized carbons (Fsp3) is 0.667. The number of rotatable bonds is 4. The average Bonchev–Trinajstić information content (AvgIpc) is 3.07. The van der Waals surface area contributed by atoms with Crippen LogP contribution in [0.1, 0.15) is 31.4 Å². The molecule has 2 aliphatic rings. The lowest BCUT2D eigenvalue weighted by atomic mass is 9.70. The van der Waals surface area contributed by atoms with Crippen LogP contribution in [0.2, 0.25) is 0 Å². The zero-order valence-corrected chi connectivity index (χ0v) is 12.2. The molecule has 19 heavy (non-hydrogen) atoms. The summed E-state index contributed by atoms with van der Waals surface area (Å²) >= 11 is 1.73. The standard InChI is InChI=1S/C15H21N3S/c1-16-10-15(7-11-2-3-12(15)6-11)8-13-9-18-4-5-19-14(18)17-13/h4-5,9,11-12,16H,2-3,6-8,10H2,1H3. The molecule has 2 heterocycles. The first-order valence-electron chi connectivity index (χ1n) is 7.35. The Morgan fingerprint density at radius 2 is 2.47 bits per heavy atom. The maximum Gasteiger partial charge on any atom is 0.193 e. The molecule has 3 unspecified atom stereocenters. The third-order valence-electron chi connectivity index (χ3n) is 5.31. The number of nitrogens with one attached hydrogen (secondary N) is 1. The van der Waals surface area contributed by atoms with E-state index in [1.165, 1.54) is 31.4 Å². The molecule has 2 bridgehead atoms. The molecular weight excluding hydrogens is 254 g/mol. The largest absolute Gasteiger partial charge is 0.319 e. The van der Waals surface area contributed by atoms with Crippen molar-refractivity contribution in [2.75, 3.05) is 13.6 Å². The lowest BCUT2D eigenvalue weighted by molar-refractivity contribution is 0.158. The third kappa shape index (κ3) is 1.84. The van der Waals surface area contributed by atoms with Crippen molar-refractivity contribution >= 4 is 16.3 Å². The topological polar surface area (TPSA) is 29.3 Å². The van der Waals surface area contributed by atoms with Crippen molar-refractivity contribution in [1.82, 2.24) is 14.7 Å². The van der Waals surface area contributed by atoms with Crippen LogP contribution in [0.15, 0.2) is 17.8 Å². The highest BCUT2D eigenvalue weighted by molar-refractivity contribution is 7.15. The molecule has 3 nitrogen and oxygen atoms in total. The highest BCUT2D eigenvalue weighted by Crippen LogP contribution is 2.56. The van der Waals surface area contributed by atoms with Crippen LogP contribution in [0.5, 0.6) is 0 Å². The van der Waals surface area contributed by atoms with Gasteiger partial charge < -0.3 is 5.32 Å². The molecule has 0 saturated heterocycles. The highest BCUT2D eigenvalue weighted by Gasteiger charge is 2.50. The van der Waals surface area contributed by atoms with Gasteiger partial charge in [-0.15, -0.1) is 11.3 Å². The molecule has 2 fully saturated rings. The van der Waals surface area contributed by atoms with Crippen molar-refractivity contribution in [1.29, 1.82) is 0 Å². The van der Waals surface area contributed by atoms with Gasteiger partial charge in [-0.3, -0.25) is 4.40 Å². The predicted octanol–water partition coefficient (Wildman–Crippen LogP) is 2.96. The number of fused-ring (bicyclic) bond motifs is 3. The molecule has 0 aromatic carbocycles. The van der Waals surface area contributed by atoms with Gasteiger partial charge >= 0.3 is 0 Å². The number of thiazole rings is 1. The minimum Gasteiger partial charge on any atom is -0.319 e. The maximum atomic E-state index is 4.80. The molecule has 4 rings (SSSR count). The number of aromatic nitrogens is 2. The number of hydrogen-bond donors (Lipinski definition) is 1. The lowest BCUT2D eigenvalue weighted by Crippen LogP contribution is -2.39. The molecule has 1 N–H and O–H groups in total. The van der Waals surface area contributed by atoms with E-state index in [1.807, 2.05) is 0 Å². The van der Waals surface area contributed by atoms with E-state index in [-0.39, 0.29) is 0 Å². The van der Waals surface area contributed by atoms with Gasteiger partial charge in [0.25, 0.3) is 0 Å². The summed E-state index contributed by atoms with van der Waals surface area (Å²) in [6.07, 6.45) is 11.3. The molecule has 2 aromatic rings. The molecule has 0 aliphatic heterocycles. The van der Waals surface area contributed by atoms with Crippen LogP contribution in [-0.4, -0.2) is 23.0 Å². The first-order valence-corrected chi connectivity index (χ1v) is 8.23. The molecular formula is C15H21N3S. The van der Waals surface area contributed by atoms with Crippen molar-refractivity contribution in [2.45, 2.75) is 32.1 Å². The second-order valence-corrected chi connectivity index (χ2v) is 7.35. The smallest absolute Gasteiger partial charge is 0.193 e. The maximum absolute atomic E-state index is 4.80. The molecule has 0 amide bonds. The number of imidazole rings is 1. The molecule has 4 heteroatoms. The summed E-state index contributed by atoms with van der Waals surface area (Å²) < 4.78 is 2.17. The van der Waals surface area contributed by atoms with Crippen molar-refractivity contribution in [3.05, 3.63) is 23.5 Å². The van der Waals surface area contributed by atoms with E-state index in [0.29, 0.717) is 5.41 Å². The van der Waals surface area contributed by atoms with Crippen LogP contribution in [-0.2, 0) is 6.42 Å². The average molecular weight is 275 g/mol. The molecule has 2 aromatic heterocycles. The summed E-state index contributed by atoms with van der Waals surface area (Å²) in [6, 6.07) is 0. The third-order valence-corrected chi connectivity index (χ3v) is 6.08. The van der Waals surface area contributed by atoms with Crippen molar-refractivity contribution in [3.63, 3.8) is 0 Å². The fourth-order valence-corrected chi connectivity index (χ4v) is 5.35. The highest BCUT2D eigenvalue weighted by atomic mass is 32.1. The van der Waals surface area contributed by atoms with E-state index in [0.717, 1.165) is 29.8 Å². The summed E-state index contributed by atoms with van der Waals surface area (Å²) in [4.78, 5) is 5.94. The molecule has 102 valence electrons. The van der Waals surface area contributed by atoms with E-state index < -0.39 is 0 Å². The Hall–Kier alpha value is -0.870. The Kier molecular flexibility index (Phi) is 2.71. The molecule has 3 atom stereocenters. The summed E-state index contributed by atoms with van der Waals surface area (Å²) in [5.41, 5.74) is 1.76. The molecule has 0 spiro atoms. The Bertz CT molecular complexity index is 558. The summed E-state index contributed by atoms with van der Waals surface area (Å²) in [5, 5.41) is 5.56. The lowest BCUT2D eigenvalue weighted by Gasteiger charge is -2.37. The summed E-state index contributed by atoms with van der Waals surface area (Å²) in [6.45, 7) is 1.15. The van der Waals surface area contributed by atoms with Gasteiger partial charge in [-0.05, 0) is 50.0 Å².